The third-order valence-corrected chi connectivity index (χ3v) is 4.67. The number of carbonyl (C=O) groups is 1. The highest BCUT2D eigenvalue weighted by Crippen LogP contribution is 2.31. The minimum Gasteiger partial charge on any atom is -0.493 e. The monoisotopic (exact) mass is 449 g/mol. The van der Waals surface area contributed by atoms with Crippen LogP contribution >= 0.6 is 0 Å². The summed E-state index contributed by atoms with van der Waals surface area (Å²) in [5.74, 6) is 2.50. The average molecular weight is 449 g/mol. The van der Waals surface area contributed by atoms with Gasteiger partial charge in [-0.3, -0.25) is 4.79 Å². The van der Waals surface area contributed by atoms with E-state index < -0.39 is 0 Å². The normalized spacial score (nSPS) is 10.6. The van der Waals surface area contributed by atoms with Gasteiger partial charge in [0.2, 0.25) is 5.88 Å². The van der Waals surface area contributed by atoms with E-state index in [1.54, 1.807) is 55.1 Å². The van der Waals surface area contributed by atoms with Gasteiger partial charge in [-0.25, -0.2) is 0 Å². The Labute approximate surface area is 190 Å². The van der Waals surface area contributed by atoms with E-state index in [1.807, 2.05) is 24.3 Å². The summed E-state index contributed by atoms with van der Waals surface area (Å²) >= 11 is 0. The van der Waals surface area contributed by atoms with Crippen LogP contribution in [-0.2, 0) is 4.79 Å². The Kier molecular flexibility index (Phi) is 6.84. The van der Waals surface area contributed by atoms with E-state index in [0.717, 1.165) is 5.56 Å². The highest BCUT2D eigenvalue weighted by atomic mass is 16.5. The van der Waals surface area contributed by atoms with Crippen LogP contribution in [-0.4, -0.2) is 59.7 Å². The van der Waals surface area contributed by atoms with Gasteiger partial charge in [-0.05, 0) is 36.4 Å². The molecule has 1 N–H and O–H groups in total. The number of amides is 1. The number of rotatable bonds is 10. The lowest BCUT2D eigenvalue weighted by atomic mass is 10.2. The first-order chi connectivity index (χ1) is 16.2. The van der Waals surface area contributed by atoms with Gasteiger partial charge in [0.05, 0.1) is 20.8 Å². The lowest BCUT2D eigenvalue weighted by Gasteiger charge is -2.09. The van der Waals surface area contributed by atoms with Crippen LogP contribution in [0.4, 0.5) is 0 Å². The molecule has 10 heteroatoms. The zero-order chi connectivity index (χ0) is 23.0. The molecular formula is C23H23N5O5. The average Bonchev–Trinajstić information content (AvgIpc) is 3.29. The Morgan fingerprint density at radius 2 is 1.76 bits per heavy atom. The number of fused-ring (bicyclic) bond motifs is 1. The molecule has 4 aromatic rings. The van der Waals surface area contributed by atoms with Gasteiger partial charge in [0.25, 0.3) is 5.91 Å². The van der Waals surface area contributed by atoms with Crippen molar-refractivity contribution in [2.75, 3.05) is 34.0 Å². The quantitative estimate of drug-likeness (QED) is 0.368. The zero-order valence-electron chi connectivity index (χ0n) is 18.2. The first-order valence-electron chi connectivity index (χ1n) is 10.2. The van der Waals surface area contributed by atoms with E-state index in [2.05, 4.69) is 20.6 Å². The van der Waals surface area contributed by atoms with Crippen LogP contribution in [0.3, 0.4) is 0 Å². The van der Waals surface area contributed by atoms with Crippen LogP contribution in [0.5, 0.6) is 23.1 Å². The lowest BCUT2D eigenvalue weighted by molar-refractivity contribution is -0.123. The molecule has 33 heavy (non-hydrogen) atoms. The second kappa shape index (κ2) is 10.3. The molecule has 0 atom stereocenters. The molecule has 10 nitrogen and oxygen atoms in total. The minimum absolute atomic E-state index is 0.0659. The summed E-state index contributed by atoms with van der Waals surface area (Å²) in [7, 11) is 3.15. The van der Waals surface area contributed by atoms with Gasteiger partial charge >= 0.3 is 0 Å². The van der Waals surface area contributed by atoms with Crippen molar-refractivity contribution in [2.45, 2.75) is 0 Å². The van der Waals surface area contributed by atoms with Gasteiger partial charge in [0.15, 0.2) is 29.6 Å². The number of methoxy groups -OCH3 is 2. The summed E-state index contributed by atoms with van der Waals surface area (Å²) in [5, 5.41) is 15.6. The Balaban J connectivity index is 1.35. The number of hydrogen-bond donors (Lipinski definition) is 1. The number of carbonyl (C=O) groups excluding carboxylic acids is 1. The van der Waals surface area contributed by atoms with E-state index in [9.17, 15) is 4.79 Å². The van der Waals surface area contributed by atoms with Gasteiger partial charge in [0, 0.05) is 11.6 Å². The van der Waals surface area contributed by atoms with Crippen molar-refractivity contribution in [3.63, 3.8) is 0 Å². The molecule has 2 aromatic heterocycles. The maximum Gasteiger partial charge on any atom is 0.258 e. The highest BCUT2D eigenvalue weighted by Gasteiger charge is 2.13. The summed E-state index contributed by atoms with van der Waals surface area (Å²) in [6.07, 6.45) is 0. The number of nitrogens with one attached hydrogen (secondary N) is 1. The second-order valence-electron chi connectivity index (χ2n) is 6.84. The summed E-state index contributed by atoms with van der Waals surface area (Å²) in [6, 6.07) is 18.0. The molecule has 170 valence electrons. The standard InChI is InChI=1S/C23H23N5O5/c1-30-18-9-8-16(14-19(18)31-2)23-26-25-20-10-11-22(27-28(20)23)32-13-12-24-21(29)15-33-17-6-4-3-5-7-17/h3-11,14H,12-13,15H2,1-2H3,(H,24,29). The predicted octanol–water partition coefficient (Wildman–Crippen LogP) is 2.38. The van der Waals surface area contributed by atoms with Crippen LogP contribution in [0.25, 0.3) is 17.0 Å². The molecule has 0 radical (unpaired) electrons. The van der Waals surface area contributed by atoms with Crippen molar-refractivity contribution in [3.8, 4) is 34.5 Å². The van der Waals surface area contributed by atoms with Crippen molar-refractivity contribution in [3.05, 3.63) is 60.7 Å². The van der Waals surface area contributed by atoms with Crippen molar-refractivity contribution < 1.29 is 23.7 Å². The second-order valence-corrected chi connectivity index (χ2v) is 6.84. The van der Waals surface area contributed by atoms with E-state index in [4.69, 9.17) is 18.9 Å². The highest BCUT2D eigenvalue weighted by molar-refractivity contribution is 5.77. The fraction of sp³-hybridized carbons (Fsp3) is 0.217. The van der Waals surface area contributed by atoms with Gasteiger partial charge < -0.3 is 24.3 Å². The van der Waals surface area contributed by atoms with Crippen molar-refractivity contribution in [1.29, 1.82) is 0 Å². The molecule has 4 rings (SSSR count). The first-order valence-corrected chi connectivity index (χ1v) is 10.2. The number of nitrogens with zero attached hydrogens (tertiary/aromatic N) is 4. The lowest BCUT2D eigenvalue weighted by Crippen LogP contribution is -2.32. The zero-order valence-corrected chi connectivity index (χ0v) is 18.2. The molecule has 0 spiro atoms. The predicted molar refractivity (Wildman–Crippen MR) is 120 cm³/mol. The van der Waals surface area contributed by atoms with Crippen molar-refractivity contribution in [2.24, 2.45) is 0 Å². The molecule has 0 fully saturated rings. The Morgan fingerprint density at radius 1 is 0.939 bits per heavy atom. The number of aromatic nitrogens is 4. The number of hydrogen-bond acceptors (Lipinski definition) is 8. The molecular weight excluding hydrogens is 426 g/mol. The fourth-order valence-electron chi connectivity index (χ4n) is 3.07. The molecule has 0 aliphatic heterocycles. The third kappa shape index (κ3) is 5.29. The van der Waals surface area contributed by atoms with Crippen LogP contribution in [0.1, 0.15) is 0 Å². The van der Waals surface area contributed by atoms with E-state index in [1.165, 1.54) is 0 Å². The van der Waals surface area contributed by atoms with Crippen LogP contribution in [0, 0.1) is 0 Å². The van der Waals surface area contributed by atoms with E-state index >= 15 is 0 Å². The fourth-order valence-corrected chi connectivity index (χ4v) is 3.07. The summed E-state index contributed by atoms with van der Waals surface area (Å²) < 4.78 is 23.3. The topological polar surface area (TPSA) is 109 Å². The van der Waals surface area contributed by atoms with Gasteiger partial charge in [-0.1, -0.05) is 18.2 Å². The van der Waals surface area contributed by atoms with Crippen LogP contribution < -0.4 is 24.3 Å². The molecule has 0 bridgehead atoms. The maximum absolute atomic E-state index is 11.9. The Bertz CT molecular complexity index is 1230. The largest absolute Gasteiger partial charge is 0.493 e. The maximum atomic E-state index is 11.9. The Morgan fingerprint density at radius 3 is 2.55 bits per heavy atom. The van der Waals surface area contributed by atoms with Gasteiger partial charge in [-0.2, -0.15) is 4.52 Å². The Hall–Kier alpha value is -4.34. The molecule has 2 aromatic carbocycles. The first kappa shape index (κ1) is 21.9. The van der Waals surface area contributed by atoms with Gasteiger partial charge in [0.1, 0.15) is 12.4 Å². The molecule has 2 heterocycles. The molecule has 0 saturated carbocycles. The summed E-state index contributed by atoms with van der Waals surface area (Å²) in [6.45, 7) is 0.481. The van der Waals surface area contributed by atoms with Gasteiger partial charge in [-0.15, -0.1) is 15.3 Å². The van der Waals surface area contributed by atoms with Crippen LogP contribution in [0.2, 0.25) is 0 Å². The number of ether oxygens (including phenoxy) is 4. The molecule has 0 aliphatic carbocycles. The van der Waals surface area contributed by atoms with E-state index in [-0.39, 0.29) is 19.1 Å². The SMILES string of the molecule is COc1ccc(-c2nnc3ccc(OCCNC(=O)COc4ccccc4)nn23)cc1OC. The molecule has 0 aliphatic rings. The van der Waals surface area contributed by atoms with Crippen LogP contribution in [0.15, 0.2) is 60.7 Å². The van der Waals surface area contributed by atoms with Crippen molar-refractivity contribution in [1.82, 2.24) is 25.1 Å². The molecule has 1 amide bonds. The smallest absolute Gasteiger partial charge is 0.258 e. The summed E-state index contributed by atoms with van der Waals surface area (Å²) in [5.41, 5.74) is 1.33. The summed E-state index contributed by atoms with van der Waals surface area (Å²) in [4.78, 5) is 11.9. The number of benzene rings is 2. The minimum atomic E-state index is -0.236. The van der Waals surface area contributed by atoms with E-state index in [0.29, 0.717) is 41.1 Å². The molecule has 0 unspecified atom stereocenters. The third-order valence-electron chi connectivity index (χ3n) is 4.67. The number of para-hydroxylation sites is 1. The molecule has 0 saturated heterocycles. The van der Waals surface area contributed by atoms with Crippen molar-refractivity contribution >= 4 is 11.6 Å².